The van der Waals surface area contributed by atoms with Crippen LogP contribution in [-0.2, 0) is 14.3 Å². The van der Waals surface area contributed by atoms with E-state index in [1.54, 1.807) is 18.0 Å². The first kappa shape index (κ1) is 23.8. The molecule has 35 heavy (non-hydrogen) atoms. The van der Waals surface area contributed by atoms with E-state index < -0.39 is 35.5 Å². The number of hydrogen-bond donors (Lipinski definition) is 1. The summed E-state index contributed by atoms with van der Waals surface area (Å²) in [5.74, 6) is -0.933. The van der Waals surface area contributed by atoms with Gasteiger partial charge in [0.1, 0.15) is 11.7 Å². The fourth-order valence-corrected chi connectivity index (χ4v) is 4.90. The second-order valence-corrected chi connectivity index (χ2v) is 9.24. The molecule has 0 saturated carbocycles. The Kier molecular flexibility index (Phi) is 6.30. The van der Waals surface area contributed by atoms with Crippen LogP contribution in [0.5, 0.6) is 0 Å². The van der Waals surface area contributed by atoms with Crippen LogP contribution in [0.2, 0.25) is 0 Å². The largest absolute Gasteiger partial charge is 0.355 e. The molecular weight excluding hydrogens is 463 g/mol. The lowest BCUT2D eigenvalue weighted by molar-refractivity contribution is -0.180. The molecule has 0 radical (unpaired) electrons. The van der Waals surface area contributed by atoms with Crippen LogP contribution in [0.15, 0.2) is 39.9 Å². The van der Waals surface area contributed by atoms with Crippen LogP contribution >= 0.6 is 0 Å². The number of piperidine rings is 1. The van der Waals surface area contributed by atoms with E-state index in [1.165, 1.54) is 12.1 Å². The third kappa shape index (κ3) is 4.54. The van der Waals surface area contributed by atoms with Gasteiger partial charge in [0, 0.05) is 31.5 Å². The number of benzene rings is 1. The smallest absolute Gasteiger partial charge is 0.266 e. The molecule has 4 aliphatic rings. The Balaban J connectivity index is 1.36. The summed E-state index contributed by atoms with van der Waals surface area (Å²) in [6.07, 6.45) is 0.130. The Hall–Kier alpha value is -2.92. The van der Waals surface area contributed by atoms with Crippen molar-refractivity contribution in [3.05, 3.63) is 46.8 Å². The summed E-state index contributed by atoms with van der Waals surface area (Å²) in [6.45, 7) is 6.53. The van der Waals surface area contributed by atoms with Gasteiger partial charge in [-0.1, -0.05) is 18.2 Å². The van der Waals surface area contributed by atoms with E-state index in [1.807, 2.05) is 6.92 Å². The number of halogens is 3. The average Bonchev–Trinajstić information content (AvgIpc) is 3.44. The molecule has 0 unspecified atom stereocenters. The van der Waals surface area contributed by atoms with Gasteiger partial charge in [-0.25, -0.2) is 18.2 Å². The first-order valence-electron chi connectivity index (χ1n) is 11.8. The van der Waals surface area contributed by atoms with E-state index in [-0.39, 0.29) is 11.6 Å². The summed E-state index contributed by atoms with van der Waals surface area (Å²) in [7, 11) is 0. The van der Waals surface area contributed by atoms with E-state index in [0.717, 1.165) is 6.07 Å². The Bertz CT molecular complexity index is 1090. The maximum Gasteiger partial charge on any atom is 0.266 e. The zero-order valence-corrected chi connectivity index (χ0v) is 19.6. The van der Waals surface area contributed by atoms with Crippen molar-refractivity contribution in [1.29, 1.82) is 0 Å². The van der Waals surface area contributed by atoms with Gasteiger partial charge in [0.05, 0.1) is 43.0 Å². The second kappa shape index (κ2) is 9.27. The molecule has 2 atom stereocenters. The summed E-state index contributed by atoms with van der Waals surface area (Å²) in [5, 5.41) is 9.17. The van der Waals surface area contributed by atoms with Gasteiger partial charge < -0.3 is 19.7 Å². The third-order valence-electron chi connectivity index (χ3n) is 6.78. The zero-order chi connectivity index (χ0) is 24.7. The highest BCUT2D eigenvalue weighted by atomic mass is 19.3. The lowest BCUT2D eigenvalue weighted by Gasteiger charge is -2.39. The van der Waals surface area contributed by atoms with Crippen molar-refractivity contribution >= 4 is 17.6 Å². The lowest BCUT2D eigenvalue weighted by Crippen LogP contribution is -2.49. The lowest BCUT2D eigenvalue weighted by atomic mass is 10.0. The van der Waals surface area contributed by atoms with Crippen molar-refractivity contribution in [2.75, 3.05) is 32.8 Å². The quantitative estimate of drug-likeness (QED) is 0.700. The van der Waals surface area contributed by atoms with Gasteiger partial charge in [-0.15, -0.1) is 0 Å². The molecule has 1 N–H and O–H groups in total. The van der Waals surface area contributed by atoms with Crippen LogP contribution in [0.4, 0.5) is 13.2 Å². The van der Waals surface area contributed by atoms with Crippen LogP contribution in [0.3, 0.4) is 0 Å². The molecule has 1 amide bonds. The predicted octanol–water partition coefficient (Wildman–Crippen LogP) is 3.14. The van der Waals surface area contributed by atoms with Crippen LogP contribution in [0, 0.1) is 5.82 Å². The third-order valence-corrected chi connectivity index (χ3v) is 6.78. The van der Waals surface area contributed by atoms with E-state index in [4.69, 9.17) is 14.6 Å². The van der Waals surface area contributed by atoms with Gasteiger partial charge in [-0.05, 0) is 19.9 Å². The van der Waals surface area contributed by atoms with Gasteiger partial charge in [0.25, 0.3) is 12.3 Å². The number of nitrogens with zero attached hydrogens (tertiary/aromatic N) is 4. The Labute approximate surface area is 201 Å². The number of fused-ring (bicyclic) bond motifs is 1. The number of likely N-dealkylation sites (tertiary alicyclic amines) is 1. The van der Waals surface area contributed by atoms with Crippen LogP contribution in [-0.4, -0.2) is 72.2 Å². The standard InChI is InChI=1S/C24H28F3N5O3/c1-14-13-32-22(28-14)18(12-19(30-32)31-8-6-24(7-9-31)34-10-11-35-24)23(33)29-15(2)16-4-3-5-17(20(16)25)21(26)27/h3-5,12,14-15,21H,6-11,13H2,1-2H3,(H,29,33)/t14-,15-/m1/s1. The predicted molar refractivity (Wildman–Crippen MR) is 122 cm³/mol. The number of carbonyl (C=O) groups excluding carboxylic acids is 1. The first-order chi connectivity index (χ1) is 16.8. The second-order valence-electron chi connectivity index (χ2n) is 9.24. The van der Waals surface area contributed by atoms with Crippen LogP contribution in [0.1, 0.15) is 50.3 Å². The van der Waals surface area contributed by atoms with Crippen molar-refractivity contribution in [3.8, 4) is 0 Å². The SMILES string of the molecule is C[C@@H]1CN2N=C(N3CCC4(CC3)OCCO4)C=C(C(=O)N[C@H](C)c3cccc(C(F)F)c3F)C2=N1. The first-order valence-corrected chi connectivity index (χ1v) is 11.8. The highest BCUT2D eigenvalue weighted by Gasteiger charge is 2.41. The summed E-state index contributed by atoms with van der Waals surface area (Å²) in [6, 6.07) is 2.92. The number of ether oxygens (including phenoxy) is 2. The Morgan fingerprint density at radius 1 is 1.20 bits per heavy atom. The summed E-state index contributed by atoms with van der Waals surface area (Å²) >= 11 is 0. The highest BCUT2D eigenvalue weighted by Crippen LogP contribution is 2.33. The molecule has 1 aromatic rings. The van der Waals surface area contributed by atoms with E-state index in [0.29, 0.717) is 62.9 Å². The number of amidine groups is 2. The molecule has 1 aromatic carbocycles. The van der Waals surface area contributed by atoms with Crippen molar-refractivity contribution < 1.29 is 27.4 Å². The number of aliphatic imine (C=N–C) groups is 1. The monoisotopic (exact) mass is 491 g/mol. The summed E-state index contributed by atoms with van der Waals surface area (Å²) < 4.78 is 52.5. The molecule has 4 aliphatic heterocycles. The van der Waals surface area contributed by atoms with Gasteiger partial charge >= 0.3 is 0 Å². The molecule has 11 heteroatoms. The molecule has 0 aliphatic carbocycles. The number of nitrogens with one attached hydrogen (secondary N) is 1. The molecule has 5 rings (SSSR count). The fraction of sp³-hybridized carbons (Fsp3) is 0.542. The van der Waals surface area contributed by atoms with Gasteiger partial charge in [0.15, 0.2) is 11.6 Å². The van der Waals surface area contributed by atoms with Gasteiger partial charge in [-0.2, -0.15) is 5.10 Å². The molecular formula is C24H28F3N5O3. The van der Waals surface area contributed by atoms with Crippen molar-refractivity contribution in [1.82, 2.24) is 15.2 Å². The molecule has 8 nitrogen and oxygen atoms in total. The van der Waals surface area contributed by atoms with E-state index >= 15 is 0 Å². The minimum Gasteiger partial charge on any atom is -0.355 e. The van der Waals surface area contributed by atoms with Crippen LogP contribution in [0.25, 0.3) is 0 Å². The average molecular weight is 492 g/mol. The Morgan fingerprint density at radius 2 is 1.89 bits per heavy atom. The zero-order valence-electron chi connectivity index (χ0n) is 19.6. The van der Waals surface area contributed by atoms with Gasteiger partial charge in [-0.3, -0.25) is 9.79 Å². The van der Waals surface area contributed by atoms with E-state index in [2.05, 4.69) is 15.2 Å². The molecule has 0 bridgehead atoms. The molecule has 1 spiro atoms. The van der Waals surface area contributed by atoms with Crippen LogP contribution < -0.4 is 5.32 Å². The normalized spacial score (nSPS) is 24.3. The van der Waals surface area contributed by atoms with Crippen molar-refractivity contribution in [2.24, 2.45) is 10.1 Å². The number of amides is 1. The number of alkyl halides is 2. The number of rotatable bonds is 4. The fourth-order valence-electron chi connectivity index (χ4n) is 4.90. The minimum absolute atomic E-state index is 0.00192. The molecule has 4 heterocycles. The topological polar surface area (TPSA) is 78.8 Å². The molecule has 2 fully saturated rings. The van der Waals surface area contributed by atoms with Gasteiger partial charge in [0.2, 0.25) is 0 Å². The van der Waals surface area contributed by atoms with Crippen molar-refractivity contribution in [3.63, 3.8) is 0 Å². The van der Waals surface area contributed by atoms with E-state index in [9.17, 15) is 18.0 Å². The highest BCUT2D eigenvalue weighted by molar-refractivity contribution is 6.25. The summed E-state index contributed by atoms with van der Waals surface area (Å²) in [5.41, 5.74) is -0.378. The minimum atomic E-state index is -2.94. The van der Waals surface area contributed by atoms with Crippen molar-refractivity contribution in [2.45, 2.75) is 51.0 Å². The Morgan fingerprint density at radius 3 is 2.57 bits per heavy atom. The number of hydrazone groups is 1. The molecule has 2 saturated heterocycles. The number of carbonyl (C=O) groups is 1. The molecule has 0 aromatic heterocycles. The number of hydrogen-bond acceptors (Lipinski definition) is 7. The maximum absolute atomic E-state index is 14.6. The summed E-state index contributed by atoms with van der Waals surface area (Å²) in [4.78, 5) is 20.0. The maximum atomic E-state index is 14.6. The molecule has 188 valence electrons.